The van der Waals surface area contributed by atoms with Gasteiger partial charge in [0.05, 0.1) is 0 Å². The van der Waals surface area contributed by atoms with Gasteiger partial charge in [-0.2, -0.15) is 0 Å². The lowest BCUT2D eigenvalue weighted by atomic mass is 10.5. The first kappa shape index (κ1) is 9.39. The van der Waals surface area contributed by atoms with Crippen LogP contribution >= 0.6 is 0 Å². The second kappa shape index (κ2) is 3.53. The second-order valence-corrected chi connectivity index (χ2v) is 1.93. The average Bonchev–Trinajstić information content (AvgIpc) is 1.87. The van der Waals surface area contributed by atoms with E-state index in [2.05, 4.69) is 9.47 Å². The number of esters is 1. The van der Waals surface area contributed by atoms with Crippen LogP contribution in [-0.2, 0) is 14.3 Å². The van der Waals surface area contributed by atoms with E-state index in [1.165, 1.54) is 14.0 Å². The Morgan fingerprint density at radius 2 is 2.20 bits per heavy atom. The Balaban J connectivity index is 3.76. The summed E-state index contributed by atoms with van der Waals surface area (Å²) in [5.74, 6) is -2.28. The SMILES string of the molecule is CCC(=O)OC(C)(O)OC. The summed E-state index contributed by atoms with van der Waals surface area (Å²) < 4.78 is 8.85. The van der Waals surface area contributed by atoms with Gasteiger partial charge in [-0.3, -0.25) is 4.79 Å². The fraction of sp³-hybridized carbons (Fsp3) is 0.833. The summed E-state index contributed by atoms with van der Waals surface area (Å²) in [6, 6.07) is 0. The maximum Gasteiger partial charge on any atom is 0.323 e. The van der Waals surface area contributed by atoms with Gasteiger partial charge in [-0.1, -0.05) is 6.92 Å². The molecule has 0 saturated heterocycles. The molecule has 0 aliphatic heterocycles. The van der Waals surface area contributed by atoms with Crippen molar-refractivity contribution in [2.75, 3.05) is 7.11 Å². The summed E-state index contributed by atoms with van der Waals surface area (Å²) in [4.78, 5) is 10.5. The van der Waals surface area contributed by atoms with Gasteiger partial charge in [-0.15, -0.1) is 0 Å². The lowest BCUT2D eigenvalue weighted by molar-refractivity contribution is -0.320. The molecule has 0 amide bonds. The molecule has 0 aromatic rings. The van der Waals surface area contributed by atoms with Gasteiger partial charge < -0.3 is 14.6 Å². The Labute approximate surface area is 59.7 Å². The normalized spacial score (nSPS) is 16.0. The molecule has 0 radical (unpaired) electrons. The average molecular weight is 148 g/mol. The van der Waals surface area contributed by atoms with Crippen LogP contribution in [0.25, 0.3) is 0 Å². The molecule has 1 N–H and O–H groups in total. The van der Waals surface area contributed by atoms with Gasteiger partial charge in [0.15, 0.2) is 0 Å². The third-order valence-corrected chi connectivity index (χ3v) is 0.971. The molecule has 0 fully saturated rings. The van der Waals surface area contributed by atoms with Gasteiger partial charge in [0.2, 0.25) is 0 Å². The van der Waals surface area contributed by atoms with Crippen molar-refractivity contribution in [2.45, 2.75) is 26.2 Å². The number of aliphatic hydroxyl groups is 1. The first-order valence-corrected chi connectivity index (χ1v) is 3.01. The molecule has 0 aliphatic carbocycles. The van der Waals surface area contributed by atoms with Crippen molar-refractivity contribution in [1.82, 2.24) is 0 Å². The molecule has 0 aromatic carbocycles. The fourth-order valence-corrected chi connectivity index (χ4v) is 0.325. The molecule has 1 atom stereocenters. The van der Waals surface area contributed by atoms with Crippen molar-refractivity contribution in [3.05, 3.63) is 0 Å². The minimum absolute atomic E-state index is 0.222. The molecule has 0 rings (SSSR count). The Morgan fingerprint density at radius 3 is 2.50 bits per heavy atom. The Kier molecular flexibility index (Phi) is 3.32. The van der Waals surface area contributed by atoms with E-state index in [0.29, 0.717) is 0 Å². The van der Waals surface area contributed by atoms with E-state index in [1.807, 2.05) is 0 Å². The maximum atomic E-state index is 10.5. The zero-order valence-electron chi connectivity index (χ0n) is 6.38. The Hall–Kier alpha value is -0.610. The van der Waals surface area contributed by atoms with Crippen LogP contribution in [0.15, 0.2) is 0 Å². The number of hydrogen-bond donors (Lipinski definition) is 1. The molecule has 10 heavy (non-hydrogen) atoms. The third-order valence-electron chi connectivity index (χ3n) is 0.971. The maximum absolute atomic E-state index is 10.5. The van der Waals surface area contributed by atoms with Crippen molar-refractivity contribution < 1.29 is 19.4 Å². The van der Waals surface area contributed by atoms with E-state index >= 15 is 0 Å². The van der Waals surface area contributed by atoms with E-state index in [-0.39, 0.29) is 6.42 Å². The summed E-state index contributed by atoms with van der Waals surface area (Å²) in [5, 5.41) is 8.96. The minimum Gasteiger partial charge on any atom is -0.408 e. The number of hydrogen-bond acceptors (Lipinski definition) is 4. The first-order valence-electron chi connectivity index (χ1n) is 3.01. The van der Waals surface area contributed by atoms with Crippen LogP contribution in [0.2, 0.25) is 0 Å². The minimum atomic E-state index is -1.78. The van der Waals surface area contributed by atoms with Gasteiger partial charge in [0.25, 0.3) is 0 Å². The highest BCUT2D eigenvalue weighted by molar-refractivity contribution is 5.69. The van der Waals surface area contributed by atoms with Gasteiger partial charge in [-0.05, 0) is 0 Å². The zero-order valence-corrected chi connectivity index (χ0v) is 6.38. The van der Waals surface area contributed by atoms with E-state index in [9.17, 15) is 4.79 Å². The van der Waals surface area contributed by atoms with E-state index in [1.54, 1.807) is 6.92 Å². The number of carbonyl (C=O) groups excluding carboxylic acids is 1. The highest BCUT2D eigenvalue weighted by Gasteiger charge is 2.23. The van der Waals surface area contributed by atoms with E-state index in [4.69, 9.17) is 5.11 Å². The molecule has 0 aliphatic rings. The van der Waals surface area contributed by atoms with Gasteiger partial charge in [0, 0.05) is 20.5 Å². The number of carbonyl (C=O) groups is 1. The highest BCUT2D eigenvalue weighted by atomic mass is 16.8. The largest absolute Gasteiger partial charge is 0.408 e. The lowest BCUT2D eigenvalue weighted by Crippen LogP contribution is -2.32. The smallest absolute Gasteiger partial charge is 0.323 e. The molecule has 0 saturated carbocycles. The van der Waals surface area contributed by atoms with Crippen molar-refractivity contribution in [3.8, 4) is 0 Å². The summed E-state index contributed by atoms with van der Waals surface area (Å²) in [7, 11) is 1.25. The van der Waals surface area contributed by atoms with Crippen LogP contribution in [0.1, 0.15) is 20.3 Å². The Morgan fingerprint density at radius 1 is 1.70 bits per heavy atom. The summed E-state index contributed by atoms with van der Waals surface area (Å²) in [5.41, 5.74) is 0. The molecule has 0 bridgehead atoms. The standard InChI is InChI=1S/C6H12O4/c1-4-5(7)10-6(2,8)9-3/h8H,4H2,1-3H3. The van der Waals surface area contributed by atoms with Crippen LogP contribution in [0.4, 0.5) is 0 Å². The molecule has 0 spiro atoms. The molecule has 60 valence electrons. The van der Waals surface area contributed by atoms with Crippen molar-refractivity contribution in [2.24, 2.45) is 0 Å². The molecule has 1 unspecified atom stereocenters. The highest BCUT2D eigenvalue weighted by Crippen LogP contribution is 2.06. The summed E-state index contributed by atoms with van der Waals surface area (Å²) >= 11 is 0. The number of rotatable bonds is 3. The Bertz CT molecular complexity index is 119. The number of methoxy groups -OCH3 is 1. The fourth-order valence-electron chi connectivity index (χ4n) is 0.325. The monoisotopic (exact) mass is 148 g/mol. The van der Waals surface area contributed by atoms with Crippen LogP contribution in [0.5, 0.6) is 0 Å². The van der Waals surface area contributed by atoms with Crippen LogP contribution in [0.3, 0.4) is 0 Å². The van der Waals surface area contributed by atoms with Gasteiger partial charge in [-0.25, -0.2) is 0 Å². The molecule has 0 heterocycles. The third kappa shape index (κ3) is 3.42. The zero-order chi connectivity index (χ0) is 8.20. The molecular weight excluding hydrogens is 136 g/mol. The predicted molar refractivity (Wildman–Crippen MR) is 34.0 cm³/mol. The second-order valence-electron chi connectivity index (χ2n) is 1.93. The lowest BCUT2D eigenvalue weighted by Gasteiger charge is -2.20. The topological polar surface area (TPSA) is 55.8 Å². The first-order chi connectivity index (χ1) is 4.52. The van der Waals surface area contributed by atoms with Crippen molar-refractivity contribution in [3.63, 3.8) is 0 Å². The van der Waals surface area contributed by atoms with Crippen LogP contribution in [0, 0.1) is 0 Å². The molecule has 0 aromatic heterocycles. The van der Waals surface area contributed by atoms with E-state index in [0.717, 1.165) is 0 Å². The van der Waals surface area contributed by atoms with Gasteiger partial charge >= 0.3 is 11.9 Å². The van der Waals surface area contributed by atoms with Crippen molar-refractivity contribution in [1.29, 1.82) is 0 Å². The van der Waals surface area contributed by atoms with Gasteiger partial charge in [0.1, 0.15) is 0 Å². The molecule has 4 heteroatoms. The summed E-state index contributed by atoms with van der Waals surface area (Å²) in [6.07, 6.45) is 0.222. The van der Waals surface area contributed by atoms with Crippen LogP contribution < -0.4 is 0 Å². The quantitative estimate of drug-likeness (QED) is 0.460. The summed E-state index contributed by atoms with van der Waals surface area (Å²) in [6.45, 7) is 2.88. The van der Waals surface area contributed by atoms with E-state index < -0.39 is 11.9 Å². The molecule has 4 nitrogen and oxygen atoms in total. The predicted octanol–water partition coefficient (Wildman–Crippen LogP) is 0.252. The van der Waals surface area contributed by atoms with Crippen molar-refractivity contribution >= 4 is 5.97 Å². The van der Waals surface area contributed by atoms with Crippen LogP contribution in [-0.4, -0.2) is 24.2 Å². The number of ether oxygens (including phenoxy) is 2. The molecular formula is C6H12O4.